The minimum atomic E-state index is -0.735. The van der Waals surface area contributed by atoms with Crippen LogP contribution in [0.5, 0.6) is 0 Å². The lowest BCUT2D eigenvalue weighted by Gasteiger charge is -2.42. The highest BCUT2D eigenvalue weighted by molar-refractivity contribution is 7.10. The number of likely N-dealkylation sites (tertiary alicyclic amines) is 1. The number of fused-ring (bicyclic) bond motifs is 1. The third-order valence-corrected chi connectivity index (χ3v) is 9.80. The van der Waals surface area contributed by atoms with Crippen molar-refractivity contribution in [2.24, 2.45) is 0 Å². The normalized spacial score (nSPS) is 19.2. The molecule has 1 saturated heterocycles. The number of nitrogens with one attached hydrogen (secondary N) is 2. The summed E-state index contributed by atoms with van der Waals surface area (Å²) in [4.78, 5) is 40.2. The van der Waals surface area contributed by atoms with Crippen molar-refractivity contribution in [2.45, 2.75) is 109 Å². The fourth-order valence-corrected chi connectivity index (χ4v) is 7.19. The van der Waals surface area contributed by atoms with Crippen LogP contribution in [0.1, 0.15) is 102 Å². The first-order chi connectivity index (χ1) is 19.7. The number of carbonyl (C=O) groups is 2. The second kappa shape index (κ2) is 11.5. The molecule has 2 aromatic heterocycles. The number of rotatable bonds is 6. The number of ether oxygens (including phenoxy) is 1. The maximum atomic E-state index is 13.6. The highest BCUT2D eigenvalue weighted by atomic mass is 32.1. The highest BCUT2D eigenvalue weighted by Gasteiger charge is 2.37. The largest absolute Gasteiger partial charge is 0.444 e. The monoisotopic (exact) mass is 591 g/mol. The molecule has 0 spiro atoms. The summed E-state index contributed by atoms with van der Waals surface area (Å²) in [5.41, 5.74) is 5.62. The van der Waals surface area contributed by atoms with Gasteiger partial charge < -0.3 is 19.9 Å². The molecule has 0 radical (unpaired) electrons. The number of imidazole rings is 1. The van der Waals surface area contributed by atoms with Gasteiger partial charge in [0.05, 0.1) is 17.0 Å². The van der Waals surface area contributed by atoms with E-state index in [9.17, 15) is 9.59 Å². The summed E-state index contributed by atoms with van der Waals surface area (Å²) in [6, 6.07) is 6.19. The Hall–Kier alpha value is -3.20. The molecule has 226 valence electrons. The number of amides is 2. The van der Waals surface area contributed by atoms with Crippen LogP contribution in [0.25, 0.3) is 11.3 Å². The zero-order valence-electron chi connectivity index (χ0n) is 26.0. The van der Waals surface area contributed by atoms with Crippen molar-refractivity contribution in [2.75, 3.05) is 13.1 Å². The lowest BCUT2D eigenvalue weighted by Crippen LogP contribution is -2.52. The van der Waals surface area contributed by atoms with Crippen LogP contribution < -0.4 is 5.32 Å². The van der Waals surface area contributed by atoms with Crippen LogP contribution in [-0.4, -0.2) is 56.6 Å². The van der Waals surface area contributed by atoms with E-state index >= 15 is 0 Å². The van der Waals surface area contributed by atoms with Crippen molar-refractivity contribution in [3.63, 3.8) is 0 Å². The van der Waals surface area contributed by atoms with E-state index in [0.29, 0.717) is 25.4 Å². The predicted molar refractivity (Wildman–Crippen MR) is 167 cm³/mol. The van der Waals surface area contributed by atoms with Crippen LogP contribution in [0.2, 0.25) is 0 Å². The highest BCUT2D eigenvalue weighted by Crippen LogP contribution is 2.47. The number of H-pyrrole nitrogens is 1. The standard InChI is InChI=1S/C33H45N5O3S/c1-31(2,3)41-30(40)37-26(17-23-18-34-20-35-23)29(39)38-14-10-21(11-15-38)28-36-27(19-42-28)22-8-9-24-25(16-22)33(6,7)13-12-32(24,4)5/h8-9,16,18-21,26H,10-15,17H2,1-7H3,(H,34,35)(H,37,40). The summed E-state index contributed by atoms with van der Waals surface area (Å²) in [5, 5.41) is 6.11. The summed E-state index contributed by atoms with van der Waals surface area (Å²) in [7, 11) is 0. The number of aromatic amines is 1. The van der Waals surface area contributed by atoms with Gasteiger partial charge in [0.2, 0.25) is 5.91 Å². The van der Waals surface area contributed by atoms with Gasteiger partial charge in [0.1, 0.15) is 11.6 Å². The van der Waals surface area contributed by atoms with E-state index in [1.54, 1.807) is 44.6 Å². The zero-order valence-corrected chi connectivity index (χ0v) is 26.9. The van der Waals surface area contributed by atoms with E-state index in [-0.39, 0.29) is 16.7 Å². The number of thiazole rings is 1. The first-order valence-electron chi connectivity index (χ1n) is 15.1. The zero-order chi connectivity index (χ0) is 30.3. The number of benzene rings is 1. The fourth-order valence-electron chi connectivity index (χ4n) is 6.19. The quantitative estimate of drug-likeness (QED) is 0.331. The topological polar surface area (TPSA) is 100 Å². The number of alkyl carbamates (subject to hydrolysis) is 1. The second-order valence-corrected chi connectivity index (χ2v) is 15.1. The van der Waals surface area contributed by atoms with Crippen LogP contribution in [0.3, 0.4) is 0 Å². The minimum Gasteiger partial charge on any atom is -0.444 e. The number of carbonyl (C=O) groups excluding carboxylic acids is 2. The number of piperidine rings is 1. The van der Waals surface area contributed by atoms with E-state index < -0.39 is 17.7 Å². The lowest BCUT2D eigenvalue weighted by molar-refractivity contribution is -0.134. The average Bonchev–Trinajstić information content (AvgIpc) is 3.62. The first-order valence-corrected chi connectivity index (χ1v) is 16.0. The van der Waals surface area contributed by atoms with E-state index in [1.165, 1.54) is 29.5 Å². The van der Waals surface area contributed by atoms with Gasteiger partial charge >= 0.3 is 6.09 Å². The van der Waals surface area contributed by atoms with Crippen LogP contribution in [0.15, 0.2) is 36.1 Å². The molecule has 1 atom stereocenters. The number of aromatic nitrogens is 3. The van der Waals surface area contributed by atoms with Gasteiger partial charge in [-0.05, 0) is 74.5 Å². The molecule has 5 rings (SSSR count). The van der Waals surface area contributed by atoms with Crippen LogP contribution in [-0.2, 0) is 26.8 Å². The molecule has 9 heteroatoms. The summed E-state index contributed by atoms with van der Waals surface area (Å²) < 4.78 is 5.44. The molecular formula is C33H45N5O3S. The second-order valence-electron chi connectivity index (χ2n) is 14.2. The van der Waals surface area contributed by atoms with Gasteiger partial charge in [-0.25, -0.2) is 14.8 Å². The molecule has 3 heterocycles. The fraction of sp³-hybridized carbons (Fsp3) is 0.576. The molecule has 1 unspecified atom stereocenters. The van der Waals surface area contributed by atoms with Gasteiger partial charge in [-0.3, -0.25) is 4.79 Å². The molecule has 1 aliphatic carbocycles. The minimum absolute atomic E-state index is 0.103. The molecule has 8 nitrogen and oxygen atoms in total. The molecule has 2 amide bonds. The molecule has 2 N–H and O–H groups in total. The van der Waals surface area contributed by atoms with Gasteiger partial charge in [-0.1, -0.05) is 39.8 Å². The van der Waals surface area contributed by atoms with E-state index in [1.807, 2.05) is 4.90 Å². The Labute approximate surface area is 253 Å². The van der Waals surface area contributed by atoms with Crippen molar-refractivity contribution < 1.29 is 14.3 Å². The Bertz CT molecular complexity index is 1410. The molecule has 0 bridgehead atoms. The van der Waals surface area contributed by atoms with E-state index in [4.69, 9.17) is 9.72 Å². The van der Waals surface area contributed by atoms with Gasteiger partial charge in [0.25, 0.3) is 0 Å². The van der Waals surface area contributed by atoms with E-state index in [2.05, 4.69) is 66.6 Å². The Morgan fingerprint density at radius 2 is 1.81 bits per heavy atom. The molecule has 0 saturated carbocycles. The lowest BCUT2D eigenvalue weighted by atomic mass is 9.63. The smallest absolute Gasteiger partial charge is 0.408 e. The van der Waals surface area contributed by atoms with Gasteiger partial charge in [0, 0.05) is 48.3 Å². The third kappa shape index (κ3) is 6.72. The summed E-state index contributed by atoms with van der Waals surface area (Å²) >= 11 is 1.72. The Kier molecular flexibility index (Phi) is 8.27. The maximum absolute atomic E-state index is 13.6. The van der Waals surface area contributed by atoms with Crippen molar-refractivity contribution in [1.29, 1.82) is 0 Å². The van der Waals surface area contributed by atoms with Crippen molar-refractivity contribution >= 4 is 23.3 Å². The first kappa shape index (κ1) is 30.3. The Morgan fingerprint density at radius 1 is 1.12 bits per heavy atom. The molecule has 1 fully saturated rings. The predicted octanol–water partition coefficient (Wildman–Crippen LogP) is 6.72. The molecule has 3 aromatic rings. The van der Waals surface area contributed by atoms with Crippen molar-refractivity contribution in [1.82, 2.24) is 25.2 Å². The third-order valence-electron chi connectivity index (χ3n) is 8.79. The SMILES string of the molecule is CC(C)(C)OC(=O)NC(Cc1cnc[nH]1)C(=O)N1CCC(c2nc(-c3ccc4c(c3)C(C)(C)CCC4(C)C)cs2)CC1. The summed E-state index contributed by atoms with van der Waals surface area (Å²) in [6.07, 6.45) is 7.04. The van der Waals surface area contributed by atoms with Crippen LogP contribution >= 0.6 is 11.3 Å². The number of hydrogen-bond donors (Lipinski definition) is 2. The van der Waals surface area contributed by atoms with Gasteiger partial charge in [-0.15, -0.1) is 11.3 Å². The average molecular weight is 592 g/mol. The van der Waals surface area contributed by atoms with Gasteiger partial charge in [-0.2, -0.15) is 0 Å². The van der Waals surface area contributed by atoms with Gasteiger partial charge in [0.15, 0.2) is 0 Å². The maximum Gasteiger partial charge on any atom is 0.408 e. The Morgan fingerprint density at radius 3 is 2.45 bits per heavy atom. The van der Waals surface area contributed by atoms with Crippen molar-refractivity contribution in [3.8, 4) is 11.3 Å². The summed E-state index contributed by atoms with van der Waals surface area (Å²) in [5.74, 6) is 0.207. The Balaban J connectivity index is 1.25. The van der Waals surface area contributed by atoms with Crippen LogP contribution in [0.4, 0.5) is 4.79 Å². The summed E-state index contributed by atoms with van der Waals surface area (Å²) in [6.45, 7) is 16.1. The van der Waals surface area contributed by atoms with Crippen LogP contribution in [0, 0.1) is 0 Å². The molecular weight excluding hydrogens is 546 g/mol. The van der Waals surface area contributed by atoms with Crippen molar-refractivity contribution in [3.05, 3.63) is 57.9 Å². The molecule has 1 aromatic carbocycles. The van der Waals surface area contributed by atoms with E-state index in [0.717, 1.165) is 29.2 Å². The number of nitrogens with zero attached hydrogens (tertiary/aromatic N) is 3. The molecule has 1 aliphatic heterocycles. The molecule has 2 aliphatic rings. The number of hydrogen-bond acceptors (Lipinski definition) is 6. The molecule has 42 heavy (non-hydrogen) atoms.